The number of allylic oxidation sites excluding steroid dienone is 1. The molecule has 8 nitrogen and oxygen atoms in total. The van der Waals surface area contributed by atoms with E-state index in [0.29, 0.717) is 35.3 Å². The molecule has 10 heteroatoms. The molecule has 0 saturated heterocycles. The van der Waals surface area contributed by atoms with Crippen LogP contribution in [0.1, 0.15) is 54.4 Å². The van der Waals surface area contributed by atoms with Gasteiger partial charge in [-0.15, -0.1) is 11.3 Å². The number of hydrogen-bond donors (Lipinski definition) is 2. The van der Waals surface area contributed by atoms with Gasteiger partial charge >= 0.3 is 6.03 Å². The first kappa shape index (κ1) is 24.2. The number of thiazole rings is 1. The third-order valence-corrected chi connectivity index (χ3v) is 7.62. The van der Waals surface area contributed by atoms with E-state index in [0.717, 1.165) is 21.8 Å². The summed E-state index contributed by atoms with van der Waals surface area (Å²) in [6.45, 7) is 6.59. The molecular formula is C24H28N4O4S2. The van der Waals surface area contributed by atoms with Gasteiger partial charge in [-0.1, -0.05) is 39.0 Å². The molecular weight excluding hydrogens is 472 g/mol. The molecule has 1 unspecified atom stereocenters. The van der Waals surface area contributed by atoms with Crippen LogP contribution in [0.5, 0.6) is 0 Å². The maximum Gasteiger partial charge on any atom is 0.321 e. The van der Waals surface area contributed by atoms with Gasteiger partial charge in [0.1, 0.15) is 6.26 Å². The molecule has 1 aliphatic rings. The summed E-state index contributed by atoms with van der Waals surface area (Å²) in [5.41, 5.74) is 2.56. The van der Waals surface area contributed by atoms with Crippen LogP contribution in [0.15, 0.2) is 45.9 Å². The van der Waals surface area contributed by atoms with Crippen LogP contribution in [0.4, 0.5) is 9.93 Å². The summed E-state index contributed by atoms with van der Waals surface area (Å²) >= 11 is 1.42. The summed E-state index contributed by atoms with van der Waals surface area (Å²) in [6.07, 6.45) is 8.01. The van der Waals surface area contributed by atoms with Crippen LogP contribution in [0.2, 0.25) is 0 Å². The number of hydrogen-bond acceptors (Lipinski definition) is 7. The Labute approximate surface area is 203 Å². The molecule has 0 saturated carbocycles. The number of nitrogens with zero attached hydrogens (tertiary/aromatic N) is 2. The van der Waals surface area contributed by atoms with Crippen molar-refractivity contribution in [3.8, 4) is 0 Å². The molecule has 2 amide bonds. The number of anilines is 1. The topological polar surface area (TPSA) is 114 Å². The standard InChI is InChI=1S/C24H28N4O4S2/c1-24(2,3)20-14-32-21(27-20)10-11-25-22(29)28-23-26-18-9-8-16(13-19(18)33-23)15-6-5-7-17(12-15)34(4,30)31/h5-9,12,14,16H,10-11,13H2,1-4H3,(H2,25,26,28,29). The zero-order chi connectivity index (χ0) is 24.5. The van der Waals surface area contributed by atoms with Gasteiger partial charge in [-0.2, -0.15) is 0 Å². The summed E-state index contributed by atoms with van der Waals surface area (Å²) in [4.78, 5) is 22.6. The Morgan fingerprint density at radius 1 is 1.26 bits per heavy atom. The van der Waals surface area contributed by atoms with Gasteiger partial charge in [0.2, 0.25) is 0 Å². The Morgan fingerprint density at radius 3 is 2.76 bits per heavy atom. The van der Waals surface area contributed by atoms with Crippen LogP contribution in [-0.2, 0) is 28.1 Å². The number of carbonyl (C=O) groups excluding carboxylic acids is 1. The van der Waals surface area contributed by atoms with Crippen molar-refractivity contribution >= 4 is 38.4 Å². The number of amides is 2. The fourth-order valence-electron chi connectivity index (χ4n) is 3.57. The summed E-state index contributed by atoms with van der Waals surface area (Å²) in [5.74, 6) is 0.640. The Morgan fingerprint density at radius 2 is 2.06 bits per heavy atom. The Bertz CT molecular complexity index is 1330. The van der Waals surface area contributed by atoms with Crippen molar-refractivity contribution in [1.29, 1.82) is 0 Å². The van der Waals surface area contributed by atoms with Crippen molar-refractivity contribution < 1.29 is 17.6 Å². The fraction of sp³-hybridized carbons (Fsp3) is 0.375. The quantitative estimate of drug-likeness (QED) is 0.513. The molecule has 4 rings (SSSR count). The van der Waals surface area contributed by atoms with Crippen LogP contribution in [-0.4, -0.2) is 37.2 Å². The van der Waals surface area contributed by atoms with E-state index in [-0.39, 0.29) is 17.4 Å². The lowest BCUT2D eigenvalue weighted by molar-refractivity contribution is 0.252. The second-order valence-corrected chi connectivity index (χ2v) is 12.4. The van der Waals surface area contributed by atoms with E-state index in [1.807, 2.05) is 18.2 Å². The van der Waals surface area contributed by atoms with Gasteiger partial charge in [0.15, 0.2) is 20.9 Å². The Balaban J connectivity index is 1.33. The molecule has 0 spiro atoms. The smallest absolute Gasteiger partial charge is 0.321 e. The molecule has 0 fully saturated rings. The average molecular weight is 501 g/mol. The number of benzene rings is 1. The molecule has 3 aromatic rings. The number of fused-ring (bicyclic) bond motifs is 1. The van der Waals surface area contributed by atoms with E-state index in [1.165, 1.54) is 17.6 Å². The van der Waals surface area contributed by atoms with Gasteiger partial charge in [-0.05, 0) is 30.2 Å². The van der Waals surface area contributed by atoms with Crippen molar-refractivity contribution in [2.24, 2.45) is 0 Å². The SMILES string of the molecule is CC(C)(C)c1coc(CCNC(=O)Nc2nc3c(s2)CC(c2cccc(S(C)(=O)=O)c2)C=C3)n1. The highest BCUT2D eigenvalue weighted by atomic mass is 32.2. The van der Waals surface area contributed by atoms with Crippen molar-refractivity contribution in [2.75, 3.05) is 18.1 Å². The summed E-state index contributed by atoms with van der Waals surface area (Å²) in [5, 5.41) is 6.11. The van der Waals surface area contributed by atoms with Crippen LogP contribution < -0.4 is 10.6 Å². The first-order valence-electron chi connectivity index (χ1n) is 11.0. The maximum absolute atomic E-state index is 12.3. The number of sulfone groups is 1. The van der Waals surface area contributed by atoms with Crippen molar-refractivity contribution in [2.45, 2.75) is 49.8 Å². The van der Waals surface area contributed by atoms with Gasteiger partial charge in [0.05, 0.1) is 16.3 Å². The van der Waals surface area contributed by atoms with Crippen molar-refractivity contribution in [3.05, 3.63) is 64.3 Å². The molecule has 1 aliphatic carbocycles. The third kappa shape index (κ3) is 5.74. The predicted molar refractivity (Wildman–Crippen MR) is 133 cm³/mol. The normalized spacial score (nSPS) is 15.7. The molecule has 2 heterocycles. The summed E-state index contributed by atoms with van der Waals surface area (Å²) < 4.78 is 29.3. The van der Waals surface area contributed by atoms with Crippen LogP contribution in [0.3, 0.4) is 0 Å². The van der Waals surface area contributed by atoms with Crippen molar-refractivity contribution in [3.63, 3.8) is 0 Å². The molecule has 180 valence electrons. The second-order valence-electron chi connectivity index (χ2n) is 9.35. The maximum atomic E-state index is 12.3. The van der Waals surface area contributed by atoms with Crippen LogP contribution >= 0.6 is 11.3 Å². The molecule has 1 atom stereocenters. The number of nitrogens with one attached hydrogen (secondary N) is 2. The lowest BCUT2D eigenvalue weighted by Crippen LogP contribution is -2.30. The Kier molecular flexibility index (Phi) is 6.64. The molecule has 2 aromatic heterocycles. The molecule has 0 radical (unpaired) electrons. The minimum Gasteiger partial charge on any atom is -0.449 e. The molecule has 2 N–H and O–H groups in total. The number of carbonyl (C=O) groups is 1. The summed E-state index contributed by atoms with van der Waals surface area (Å²) in [6, 6.07) is 6.69. The van der Waals surface area contributed by atoms with Gasteiger partial charge in [0, 0.05) is 35.4 Å². The zero-order valence-corrected chi connectivity index (χ0v) is 21.2. The highest BCUT2D eigenvalue weighted by Crippen LogP contribution is 2.35. The number of rotatable bonds is 6. The number of urea groups is 1. The third-order valence-electron chi connectivity index (χ3n) is 5.50. The number of aromatic nitrogens is 2. The second kappa shape index (κ2) is 9.34. The first-order valence-corrected chi connectivity index (χ1v) is 13.7. The molecule has 1 aromatic carbocycles. The van der Waals surface area contributed by atoms with E-state index >= 15 is 0 Å². The molecule has 34 heavy (non-hydrogen) atoms. The average Bonchev–Trinajstić information content (AvgIpc) is 3.39. The van der Waals surface area contributed by atoms with E-state index in [9.17, 15) is 13.2 Å². The fourth-order valence-corrected chi connectivity index (χ4v) is 5.25. The van der Waals surface area contributed by atoms with Crippen LogP contribution in [0.25, 0.3) is 6.08 Å². The zero-order valence-electron chi connectivity index (χ0n) is 19.6. The lowest BCUT2D eigenvalue weighted by atomic mass is 9.91. The lowest BCUT2D eigenvalue weighted by Gasteiger charge is -2.17. The molecule has 0 aliphatic heterocycles. The van der Waals surface area contributed by atoms with E-state index < -0.39 is 9.84 Å². The van der Waals surface area contributed by atoms with Gasteiger partial charge in [-0.3, -0.25) is 5.32 Å². The summed E-state index contributed by atoms with van der Waals surface area (Å²) in [7, 11) is -3.26. The number of oxazole rings is 1. The van der Waals surface area contributed by atoms with Gasteiger partial charge < -0.3 is 9.73 Å². The Hall–Kier alpha value is -2.98. The van der Waals surface area contributed by atoms with Crippen molar-refractivity contribution in [1.82, 2.24) is 15.3 Å². The van der Waals surface area contributed by atoms with Gasteiger partial charge in [0.25, 0.3) is 0 Å². The van der Waals surface area contributed by atoms with E-state index in [4.69, 9.17) is 4.42 Å². The van der Waals surface area contributed by atoms with Crippen LogP contribution in [0, 0.1) is 0 Å². The minimum atomic E-state index is -3.26. The molecule has 0 bridgehead atoms. The van der Waals surface area contributed by atoms with Gasteiger partial charge in [-0.25, -0.2) is 23.2 Å². The predicted octanol–water partition coefficient (Wildman–Crippen LogP) is 4.55. The largest absolute Gasteiger partial charge is 0.449 e. The highest BCUT2D eigenvalue weighted by molar-refractivity contribution is 7.90. The van der Waals surface area contributed by atoms with E-state index in [2.05, 4.69) is 41.4 Å². The first-order chi connectivity index (χ1) is 16.0. The van der Waals surface area contributed by atoms with E-state index in [1.54, 1.807) is 24.5 Å². The minimum absolute atomic E-state index is 0.0510. The highest BCUT2D eigenvalue weighted by Gasteiger charge is 2.22. The monoisotopic (exact) mass is 500 g/mol.